The number of hydrogen-bond acceptors (Lipinski definition) is 9. The van der Waals surface area contributed by atoms with Gasteiger partial charge in [0.2, 0.25) is 0 Å². The Labute approximate surface area is 372 Å². The number of ether oxygens (including phenoxy) is 2. The third kappa shape index (κ3) is 11.1. The number of carbonyl (C=O) groups excluding carboxylic acids is 2. The van der Waals surface area contributed by atoms with Crippen LogP contribution < -0.4 is 5.79 Å². The first kappa shape index (κ1) is 45.9. The van der Waals surface area contributed by atoms with E-state index in [1.165, 1.54) is 15.5 Å². The molecule has 0 saturated heterocycles. The molecule has 2 aromatic carbocycles. The van der Waals surface area contributed by atoms with Crippen LogP contribution in [0.3, 0.4) is 0 Å². The van der Waals surface area contributed by atoms with Crippen molar-refractivity contribution in [1.29, 1.82) is 0 Å². The van der Waals surface area contributed by atoms with Gasteiger partial charge in [0.1, 0.15) is 11.2 Å². The fourth-order valence-corrected chi connectivity index (χ4v) is 20.9. The van der Waals surface area contributed by atoms with E-state index in [-0.39, 0.29) is 11.9 Å². The number of hydrogen-bond donors (Lipinski definition) is 0. The normalized spacial score (nSPS) is 12.6. The number of thiophene rings is 3. The average Bonchev–Trinajstić information content (AvgIpc) is 3.95. The zero-order valence-electron chi connectivity index (χ0n) is 36.9. The summed E-state index contributed by atoms with van der Waals surface area (Å²) in [6.07, 6.45) is 5.69. The van der Waals surface area contributed by atoms with Crippen LogP contribution in [-0.4, -0.2) is 69.9 Å². The molecular formula is C48H60N2O4S3Sn2. The molecule has 0 spiro atoms. The van der Waals surface area contributed by atoms with Gasteiger partial charge in [0.15, 0.2) is 0 Å². The topological polar surface area (TPSA) is 78.4 Å². The monoisotopic (exact) mass is 1060 g/mol. The van der Waals surface area contributed by atoms with Crippen molar-refractivity contribution in [2.24, 2.45) is 0 Å². The molecular weight excluding hydrogens is 1000 g/mol. The second-order valence-electron chi connectivity index (χ2n) is 18.9. The third-order valence-electron chi connectivity index (χ3n) is 10.5. The SMILES string of the molecule is CCCCC(C)(C)OC(=O)c1ccc(-c2nc3c(-c4cc[c]([Sn]([CH3])([CH3])[CH3])s4)sc(-c4cc[c]([Sn]([CH3])([CH3])[CH3])s4)c3nc2-c2ccc(C(=O)OC(C)(C)CCCC)cc2)cc1. The molecule has 0 aliphatic carbocycles. The summed E-state index contributed by atoms with van der Waals surface area (Å²) in [4.78, 5) is 57.3. The molecule has 0 aliphatic heterocycles. The third-order valence-corrected chi connectivity index (χ3v) is 33.1. The van der Waals surface area contributed by atoms with Gasteiger partial charge in [0.05, 0.1) is 0 Å². The van der Waals surface area contributed by atoms with Gasteiger partial charge in [-0.1, -0.05) is 26.7 Å². The molecule has 11 heteroatoms. The van der Waals surface area contributed by atoms with Gasteiger partial charge < -0.3 is 9.47 Å². The predicted octanol–water partition coefficient (Wildman–Crippen LogP) is 13.8. The Morgan fingerprint density at radius 2 is 0.898 bits per heavy atom. The number of aromatic nitrogens is 2. The first-order valence-electron chi connectivity index (χ1n) is 20.9. The summed E-state index contributed by atoms with van der Waals surface area (Å²) in [6, 6.07) is 24.3. The van der Waals surface area contributed by atoms with E-state index in [2.05, 4.69) is 67.8 Å². The van der Waals surface area contributed by atoms with E-state index in [4.69, 9.17) is 19.4 Å². The van der Waals surface area contributed by atoms with Crippen LogP contribution in [0, 0.1) is 0 Å². The van der Waals surface area contributed by atoms with Crippen LogP contribution >= 0.6 is 34.0 Å². The number of rotatable bonds is 16. The molecule has 6 nitrogen and oxygen atoms in total. The average molecular weight is 1060 g/mol. The maximum atomic E-state index is 13.4. The van der Waals surface area contributed by atoms with Gasteiger partial charge in [-0.3, -0.25) is 0 Å². The first-order valence-corrected chi connectivity index (χ1v) is 43.4. The summed E-state index contributed by atoms with van der Waals surface area (Å²) in [7, 11) is 0. The summed E-state index contributed by atoms with van der Waals surface area (Å²) in [5, 5.41) is 0. The van der Waals surface area contributed by atoms with Gasteiger partial charge in [-0.05, 0) is 53.4 Å². The number of nitrogens with zero attached hydrogens (tertiary/aromatic N) is 2. The van der Waals surface area contributed by atoms with Gasteiger partial charge in [-0.25, -0.2) is 9.59 Å². The zero-order chi connectivity index (χ0) is 42.9. The van der Waals surface area contributed by atoms with Gasteiger partial charge in [0.25, 0.3) is 0 Å². The maximum absolute atomic E-state index is 13.4. The molecule has 4 aromatic heterocycles. The van der Waals surface area contributed by atoms with E-state index in [0.29, 0.717) is 22.5 Å². The number of benzene rings is 2. The van der Waals surface area contributed by atoms with E-state index in [1.807, 2.05) is 98.9 Å². The minimum atomic E-state index is -2.35. The molecule has 4 heterocycles. The molecule has 0 unspecified atom stereocenters. The molecule has 312 valence electrons. The molecule has 0 aliphatic rings. The van der Waals surface area contributed by atoms with E-state index in [1.54, 1.807) is 11.3 Å². The summed E-state index contributed by atoms with van der Waals surface area (Å²) in [6.45, 7) is 12.2. The molecule has 0 fully saturated rings. The molecule has 59 heavy (non-hydrogen) atoms. The van der Waals surface area contributed by atoms with Crippen molar-refractivity contribution in [3.05, 3.63) is 83.9 Å². The van der Waals surface area contributed by atoms with Crippen LogP contribution in [-0.2, 0) is 9.47 Å². The van der Waals surface area contributed by atoms with Crippen LogP contribution in [0.25, 0.3) is 53.1 Å². The van der Waals surface area contributed by atoms with Gasteiger partial charge in [-0.15, -0.1) is 0 Å². The van der Waals surface area contributed by atoms with Crippen molar-refractivity contribution in [3.8, 4) is 42.0 Å². The molecule has 0 saturated carbocycles. The molecule has 0 N–H and O–H groups in total. The van der Waals surface area contributed by atoms with Gasteiger partial charge in [-0.2, -0.15) is 0 Å². The van der Waals surface area contributed by atoms with Crippen molar-refractivity contribution in [1.82, 2.24) is 9.97 Å². The summed E-state index contributed by atoms with van der Waals surface area (Å²) in [5.41, 5.74) is 4.76. The Morgan fingerprint density at radius 1 is 0.542 bits per heavy atom. The zero-order valence-corrected chi connectivity index (χ0v) is 45.1. The van der Waals surface area contributed by atoms with Crippen LogP contribution in [0.2, 0.25) is 29.6 Å². The number of esters is 2. The predicted molar refractivity (Wildman–Crippen MR) is 259 cm³/mol. The number of unbranched alkanes of at least 4 members (excludes halogenated alkanes) is 2. The van der Waals surface area contributed by atoms with E-state index in [9.17, 15) is 9.59 Å². The van der Waals surface area contributed by atoms with E-state index >= 15 is 0 Å². The van der Waals surface area contributed by atoms with Crippen molar-refractivity contribution in [2.75, 3.05) is 0 Å². The fraction of sp³-hybridized carbons (Fsp3) is 0.417. The van der Waals surface area contributed by atoms with Gasteiger partial charge >= 0.3 is 265 Å². The van der Waals surface area contributed by atoms with Crippen LogP contribution in [0.4, 0.5) is 0 Å². The number of carbonyl (C=O) groups is 2. The Bertz CT molecular complexity index is 2260. The first-order chi connectivity index (χ1) is 27.7. The van der Waals surface area contributed by atoms with Crippen LogP contribution in [0.5, 0.6) is 0 Å². The Balaban J connectivity index is 1.52. The molecule has 6 rings (SSSR count). The van der Waals surface area contributed by atoms with Crippen molar-refractivity contribution >= 4 is 99.5 Å². The van der Waals surface area contributed by atoms with Crippen LogP contribution in [0.1, 0.15) is 101 Å². The van der Waals surface area contributed by atoms with Crippen molar-refractivity contribution < 1.29 is 19.1 Å². The molecule has 0 radical (unpaired) electrons. The molecule has 6 aromatic rings. The second kappa shape index (κ2) is 18.4. The minimum absolute atomic E-state index is 0.336. The molecule has 0 bridgehead atoms. The quantitative estimate of drug-likeness (QED) is 0.0710. The van der Waals surface area contributed by atoms with Gasteiger partial charge in [0, 0.05) is 0 Å². The molecule has 0 atom stereocenters. The fourth-order valence-electron chi connectivity index (χ4n) is 6.87. The van der Waals surface area contributed by atoms with E-state index in [0.717, 1.165) is 70.4 Å². The standard InChI is InChI=1S/C42H42N2O4S3.6CH3.2Sn/c1-7-9-23-41(3,4)47-39(45)29-19-15-27(16-20-29)33-34(28-17-21-30(22-18-28)40(46)48-42(5,6)24-10-8-2)44-36-35(43-33)37(31-13-11-25-49-31)51-38(36)32-14-12-26-50-32;;;;;;;;/h11-22H,7-10,23-24H2,1-6H3;6*1H3;;. The van der Waals surface area contributed by atoms with E-state index < -0.39 is 48.0 Å². The number of fused-ring (bicyclic) bond motifs is 1. The van der Waals surface area contributed by atoms with Crippen molar-refractivity contribution in [3.63, 3.8) is 0 Å². The summed E-state index contributed by atoms with van der Waals surface area (Å²) in [5.74, 6) is -0.671. The summed E-state index contributed by atoms with van der Waals surface area (Å²) >= 11 is 0.908. The van der Waals surface area contributed by atoms with Crippen molar-refractivity contribution in [2.45, 2.75) is 121 Å². The Morgan fingerprint density at radius 3 is 1.20 bits per heavy atom. The molecule has 0 amide bonds. The Kier molecular flexibility index (Phi) is 14.3. The summed E-state index contributed by atoms with van der Waals surface area (Å²) < 4.78 is 15.0. The Hall–Kier alpha value is -2.58. The van der Waals surface area contributed by atoms with Crippen LogP contribution in [0.15, 0.2) is 72.8 Å². The second-order valence-corrected chi connectivity index (χ2v) is 52.9.